The summed E-state index contributed by atoms with van der Waals surface area (Å²) in [5, 5.41) is 8.86. The second-order valence-electron chi connectivity index (χ2n) is 2.27. The molecule has 0 aliphatic carbocycles. The molecular formula is C6H13BO2. The molecule has 0 heterocycles. The van der Waals surface area contributed by atoms with Gasteiger partial charge in [-0.05, 0) is 13.8 Å². The van der Waals surface area contributed by atoms with Crippen molar-refractivity contribution in [3.63, 3.8) is 0 Å². The molecule has 1 N–H and O–H groups in total. The van der Waals surface area contributed by atoms with Gasteiger partial charge in [0.15, 0.2) is 0 Å². The van der Waals surface area contributed by atoms with Gasteiger partial charge in [-0.1, -0.05) is 6.32 Å². The highest BCUT2D eigenvalue weighted by atomic mass is 16.5. The van der Waals surface area contributed by atoms with Crippen LogP contribution in [0.1, 0.15) is 13.8 Å². The van der Waals surface area contributed by atoms with Crippen LogP contribution in [0.5, 0.6) is 0 Å². The van der Waals surface area contributed by atoms with Gasteiger partial charge in [-0.2, -0.15) is 0 Å². The van der Waals surface area contributed by atoms with Crippen LogP contribution in [0.25, 0.3) is 0 Å². The maximum atomic E-state index is 8.86. The van der Waals surface area contributed by atoms with Gasteiger partial charge in [0.2, 0.25) is 0 Å². The first-order valence-electron chi connectivity index (χ1n) is 3.16. The number of aliphatic hydroxyl groups is 1. The smallest absolute Gasteiger partial charge is 0.0722 e. The van der Waals surface area contributed by atoms with E-state index in [-0.39, 0.29) is 12.4 Å². The molecule has 0 aromatic carbocycles. The molecule has 0 aromatic heterocycles. The number of ether oxygens (including phenoxy) is 1. The third-order valence-corrected chi connectivity index (χ3v) is 0.894. The van der Waals surface area contributed by atoms with Crippen molar-refractivity contribution in [2.45, 2.75) is 32.4 Å². The predicted octanol–water partition coefficient (Wildman–Crippen LogP) is 0.359. The van der Waals surface area contributed by atoms with E-state index >= 15 is 0 Å². The van der Waals surface area contributed by atoms with E-state index < -0.39 is 6.10 Å². The number of hydrogen-bond acceptors (Lipinski definition) is 2. The first-order valence-corrected chi connectivity index (χ1v) is 3.16. The van der Waals surface area contributed by atoms with E-state index in [0.29, 0.717) is 6.61 Å². The zero-order valence-corrected chi connectivity index (χ0v) is 6.00. The molecule has 1 atom stereocenters. The van der Waals surface area contributed by atoms with Crippen LogP contribution in [-0.2, 0) is 4.74 Å². The fourth-order valence-corrected chi connectivity index (χ4v) is 0.372. The van der Waals surface area contributed by atoms with Crippen LogP contribution in [-0.4, -0.2) is 31.8 Å². The zero-order chi connectivity index (χ0) is 7.28. The summed E-state index contributed by atoms with van der Waals surface area (Å²) in [4.78, 5) is 0. The molecule has 0 amide bonds. The highest BCUT2D eigenvalue weighted by Gasteiger charge is 2.00. The van der Waals surface area contributed by atoms with Gasteiger partial charge in [-0.3, -0.25) is 0 Å². The summed E-state index contributed by atoms with van der Waals surface area (Å²) in [6.07, 6.45) is -0.0641. The Labute approximate surface area is 57.6 Å². The first kappa shape index (κ1) is 8.98. The third kappa shape index (κ3) is 5.86. The summed E-state index contributed by atoms with van der Waals surface area (Å²) in [5.74, 6) is 0. The minimum absolute atomic E-state index is 0.172. The summed E-state index contributed by atoms with van der Waals surface area (Å²) >= 11 is 0. The van der Waals surface area contributed by atoms with Crippen LogP contribution < -0.4 is 0 Å². The van der Waals surface area contributed by atoms with Crippen molar-refractivity contribution in [1.29, 1.82) is 0 Å². The molecule has 3 heteroatoms. The Kier molecular flexibility index (Phi) is 4.82. The van der Waals surface area contributed by atoms with Crippen molar-refractivity contribution in [2.75, 3.05) is 6.61 Å². The third-order valence-electron chi connectivity index (χ3n) is 0.894. The predicted molar refractivity (Wildman–Crippen MR) is 37.7 cm³/mol. The SMILES string of the molecule is [B]C[C@@H](O)COC(C)C. The molecule has 9 heavy (non-hydrogen) atoms. The van der Waals surface area contributed by atoms with Gasteiger partial charge in [-0.15, -0.1) is 0 Å². The fourth-order valence-electron chi connectivity index (χ4n) is 0.372. The molecule has 0 aliphatic rings. The standard InChI is InChI=1S/C6H13BO2/c1-5(2)9-4-6(8)3-7/h5-6,8H,3-4H2,1-2H3/t6-/m1/s1. The lowest BCUT2D eigenvalue weighted by Crippen LogP contribution is -2.17. The van der Waals surface area contributed by atoms with Crippen molar-refractivity contribution < 1.29 is 9.84 Å². The Morgan fingerprint density at radius 1 is 1.56 bits per heavy atom. The minimum atomic E-state index is -0.507. The van der Waals surface area contributed by atoms with E-state index in [0.717, 1.165) is 0 Å². The summed E-state index contributed by atoms with van der Waals surface area (Å²) in [6, 6.07) is 0. The maximum Gasteiger partial charge on any atom is 0.0722 e. The first-order chi connectivity index (χ1) is 4.16. The lowest BCUT2D eigenvalue weighted by atomic mass is 10.0. The topological polar surface area (TPSA) is 29.5 Å². The van der Waals surface area contributed by atoms with Crippen molar-refractivity contribution in [1.82, 2.24) is 0 Å². The summed E-state index contributed by atoms with van der Waals surface area (Å²) in [7, 11) is 5.13. The van der Waals surface area contributed by atoms with Crippen molar-refractivity contribution >= 4 is 7.85 Å². The van der Waals surface area contributed by atoms with E-state index in [1.54, 1.807) is 0 Å². The van der Waals surface area contributed by atoms with Crippen LogP contribution in [0.15, 0.2) is 0 Å². The van der Waals surface area contributed by atoms with Gasteiger partial charge in [0.1, 0.15) is 0 Å². The Hall–Kier alpha value is -0.0151. The fraction of sp³-hybridized carbons (Fsp3) is 1.00. The van der Waals surface area contributed by atoms with E-state index in [1.165, 1.54) is 0 Å². The van der Waals surface area contributed by atoms with E-state index in [1.807, 2.05) is 13.8 Å². The van der Waals surface area contributed by atoms with E-state index in [4.69, 9.17) is 17.7 Å². The Morgan fingerprint density at radius 2 is 2.11 bits per heavy atom. The van der Waals surface area contributed by atoms with E-state index in [9.17, 15) is 0 Å². The van der Waals surface area contributed by atoms with Gasteiger partial charge in [0, 0.05) is 0 Å². The quantitative estimate of drug-likeness (QED) is 0.554. The van der Waals surface area contributed by atoms with Crippen LogP contribution >= 0.6 is 0 Å². The Morgan fingerprint density at radius 3 is 2.44 bits per heavy atom. The normalized spacial score (nSPS) is 14.2. The Balaban J connectivity index is 3.06. The van der Waals surface area contributed by atoms with Gasteiger partial charge in [0.25, 0.3) is 0 Å². The minimum Gasteiger partial charge on any atom is -0.391 e. The summed E-state index contributed by atoms with van der Waals surface area (Å²) in [5.41, 5.74) is 0. The van der Waals surface area contributed by atoms with Crippen LogP contribution in [0.4, 0.5) is 0 Å². The molecule has 0 spiro atoms. The molecule has 0 bridgehead atoms. The van der Waals surface area contributed by atoms with Gasteiger partial charge in [-0.25, -0.2) is 0 Å². The van der Waals surface area contributed by atoms with Gasteiger partial charge >= 0.3 is 0 Å². The lowest BCUT2D eigenvalue weighted by Gasteiger charge is -2.10. The molecule has 0 aliphatic heterocycles. The molecule has 0 unspecified atom stereocenters. The van der Waals surface area contributed by atoms with Gasteiger partial charge in [0.05, 0.1) is 26.7 Å². The lowest BCUT2D eigenvalue weighted by molar-refractivity contribution is 0.0137. The molecule has 0 fully saturated rings. The summed E-state index contributed by atoms with van der Waals surface area (Å²) < 4.78 is 5.06. The number of hydrogen-bond donors (Lipinski definition) is 1. The largest absolute Gasteiger partial charge is 0.391 e. The second kappa shape index (κ2) is 4.83. The molecule has 52 valence electrons. The van der Waals surface area contributed by atoms with Crippen molar-refractivity contribution in [3.8, 4) is 0 Å². The van der Waals surface area contributed by atoms with E-state index in [2.05, 4.69) is 0 Å². The molecule has 2 nitrogen and oxygen atoms in total. The Bertz CT molecular complexity index is 66.1. The number of aliphatic hydroxyl groups excluding tert-OH is 1. The molecule has 0 rings (SSSR count). The monoisotopic (exact) mass is 128 g/mol. The van der Waals surface area contributed by atoms with Crippen LogP contribution in [0.2, 0.25) is 6.32 Å². The molecule has 0 aromatic rings. The maximum absolute atomic E-state index is 8.86. The average Bonchev–Trinajstić information content (AvgIpc) is 1.83. The second-order valence-corrected chi connectivity index (χ2v) is 2.27. The van der Waals surface area contributed by atoms with Crippen LogP contribution in [0, 0.1) is 0 Å². The highest BCUT2D eigenvalue weighted by Crippen LogP contribution is 1.93. The molecule has 0 saturated heterocycles. The van der Waals surface area contributed by atoms with Crippen molar-refractivity contribution in [3.05, 3.63) is 0 Å². The van der Waals surface area contributed by atoms with Crippen LogP contribution in [0.3, 0.4) is 0 Å². The van der Waals surface area contributed by atoms with Gasteiger partial charge < -0.3 is 9.84 Å². The molecular weight excluding hydrogens is 115 g/mol. The highest BCUT2D eigenvalue weighted by molar-refractivity contribution is 6.08. The summed E-state index contributed by atoms with van der Waals surface area (Å²) in [6.45, 7) is 4.18. The molecule has 2 radical (unpaired) electrons. The zero-order valence-electron chi connectivity index (χ0n) is 6.00. The van der Waals surface area contributed by atoms with Crippen molar-refractivity contribution in [2.24, 2.45) is 0 Å². The number of rotatable bonds is 4. The average molecular weight is 128 g/mol. The molecule has 0 saturated carbocycles.